The molecule has 2 rings (SSSR count). The first-order valence-corrected chi connectivity index (χ1v) is 4.89. The summed E-state index contributed by atoms with van der Waals surface area (Å²) < 4.78 is 13.0. The van der Waals surface area contributed by atoms with Crippen LogP contribution >= 0.6 is 0 Å². The molecule has 1 aliphatic carbocycles. The largest absolute Gasteiger partial charge is 0.478 e. The van der Waals surface area contributed by atoms with Gasteiger partial charge < -0.3 is 5.11 Å². The highest BCUT2D eigenvalue weighted by Gasteiger charge is 2.15. The predicted octanol–water partition coefficient (Wildman–Crippen LogP) is 2.63. The number of hydrogen-bond donors (Lipinski definition) is 1. The average molecular weight is 206 g/mol. The van der Waals surface area contributed by atoms with E-state index in [0.29, 0.717) is 6.42 Å². The molecule has 1 aromatic carbocycles. The monoisotopic (exact) mass is 206 g/mol. The fourth-order valence-electron chi connectivity index (χ4n) is 1.97. The summed E-state index contributed by atoms with van der Waals surface area (Å²) in [6.45, 7) is 0. The number of hydrogen-bond acceptors (Lipinski definition) is 1. The second-order valence-corrected chi connectivity index (χ2v) is 3.66. The molecule has 0 fully saturated rings. The van der Waals surface area contributed by atoms with E-state index < -0.39 is 5.97 Å². The van der Waals surface area contributed by atoms with Crippen molar-refractivity contribution in [2.24, 2.45) is 0 Å². The molecule has 0 saturated carbocycles. The van der Waals surface area contributed by atoms with Gasteiger partial charge in [-0.3, -0.25) is 0 Å². The van der Waals surface area contributed by atoms with Gasteiger partial charge in [-0.25, -0.2) is 9.18 Å². The Morgan fingerprint density at radius 1 is 1.40 bits per heavy atom. The van der Waals surface area contributed by atoms with Gasteiger partial charge in [0.25, 0.3) is 0 Å². The molecule has 2 nitrogen and oxygen atoms in total. The van der Waals surface area contributed by atoms with Gasteiger partial charge in [0, 0.05) is 6.08 Å². The van der Waals surface area contributed by atoms with Gasteiger partial charge in [0.05, 0.1) is 0 Å². The predicted molar refractivity (Wildman–Crippen MR) is 55.0 cm³/mol. The summed E-state index contributed by atoms with van der Waals surface area (Å²) in [5, 5.41) is 8.69. The molecular formula is C12H11FO2. The zero-order valence-electron chi connectivity index (χ0n) is 8.16. The number of rotatable bonds is 1. The second kappa shape index (κ2) is 3.85. The van der Waals surface area contributed by atoms with Crippen molar-refractivity contribution in [1.82, 2.24) is 0 Å². The van der Waals surface area contributed by atoms with E-state index in [-0.39, 0.29) is 5.82 Å². The van der Waals surface area contributed by atoms with Crippen molar-refractivity contribution in [1.29, 1.82) is 0 Å². The zero-order valence-corrected chi connectivity index (χ0v) is 8.16. The highest BCUT2D eigenvalue weighted by molar-refractivity contribution is 5.90. The topological polar surface area (TPSA) is 37.3 Å². The fourth-order valence-corrected chi connectivity index (χ4v) is 1.97. The van der Waals surface area contributed by atoms with Gasteiger partial charge in [-0.1, -0.05) is 6.07 Å². The number of benzene rings is 1. The van der Waals surface area contributed by atoms with Crippen molar-refractivity contribution in [3.8, 4) is 0 Å². The third-order valence-electron chi connectivity index (χ3n) is 2.61. The standard InChI is InChI=1S/C12H11FO2/c13-10-5-4-8-2-1-3-9(6-12(14)15)11(8)7-10/h4-7H,1-3H2,(H,14,15)/b9-6-. The van der Waals surface area contributed by atoms with Crippen LogP contribution in [0.4, 0.5) is 4.39 Å². The molecule has 0 aromatic heterocycles. The van der Waals surface area contributed by atoms with Gasteiger partial charge in [0.15, 0.2) is 0 Å². The van der Waals surface area contributed by atoms with E-state index >= 15 is 0 Å². The number of allylic oxidation sites excluding steroid dienone is 1. The molecule has 0 amide bonds. The molecule has 1 aliphatic rings. The SMILES string of the molecule is O=C(O)/C=C1/CCCc2ccc(F)cc21. The van der Waals surface area contributed by atoms with Crippen LogP contribution in [0.5, 0.6) is 0 Å². The van der Waals surface area contributed by atoms with Crippen LogP contribution in [0, 0.1) is 5.82 Å². The third-order valence-corrected chi connectivity index (χ3v) is 2.61. The lowest BCUT2D eigenvalue weighted by Crippen LogP contribution is -2.04. The number of carboxylic acid groups (broad SMARTS) is 1. The molecule has 3 heteroatoms. The summed E-state index contributed by atoms with van der Waals surface area (Å²) in [5.41, 5.74) is 2.52. The number of carboxylic acids is 1. The van der Waals surface area contributed by atoms with Gasteiger partial charge in [-0.2, -0.15) is 0 Å². The van der Waals surface area contributed by atoms with Gasteiger partial charge in [-0.15, -0.1) is 0 Å². The normalized spacial score (nSPS) is 17.5. The summed E-state index contributed by atoms with van der Waals surface area (Å²) in [4.78, 5) is 10.6. The van der Waals surface area contributed by atoms with E-state index in [4.69, 9.17) is 5.11 Å². The Kier molecular flexibility index (Phi) is 2.54. The summed E-state index contributed by atoms with van der Waals surface area (Å²) in [7, 11) is 0. The Balaban J connectivity index is 2.49. The zero-order chi connectivity index (χ0) is 10.8. The summed E-state index contributed by atoms with van der Waals surface area (Å²) in [6, 6.07) is 4.57. The van der Waals surface area contributed by atoms with Crippen LogP contribution in [0.15, 0.2) is 24.3 Å². The Hall–Kier alpha value is -1.64. The first-order chi connectivity index (χ1) is 7.16. The maximum absolute atomic E-state index is 13.0. The fraction of sp³-hybridized carbons (Fsp3) is 0.250. The molecule has 1 N–H and O–H groups in total. The van der Waals surface area contributed by atoms with Crippen LogP contribution in [0.25, 0.3) is 5.57 Å². The summed E-state index contributed by atoms with van der Waals surface area (Å²) in [5.74, 6) is -1.28. The first kappa shape index (κ1) is 9.90. The summed E-state index contributed by atoms with van der Waals surface area (Å²) in [6.07, 6.45) is 3.71. The Bertz CT molecular complexity index is 435. The lowest BCUT2D eigenvalue weighted by Gasteiger charge is -2.18. The van der Waals surface area contributed by atoms with Crippen LogP contribution in [0.3, 0.4) is 0 Å². The maximum atomic E-state index is 13.0. The van der Waals surface area contributed by atoms with Crippen LogP contribution in [0.1, 0.15) is 24.0 Å². The van der Waals surface area contributed by atoms with Gasteiger partial charge >= 0.3 is 5.97 Å². The molecule has 0 unspecified atom stereocenters. The highest BCUT2D eigenvalue weighted by atomic mass is 19.1. The lowest BCUT2D eigenvalue weighted by atomic mass is 9.87. The number of fused-ring (bicyclic) bond motifs is 1. The molecule has 1 aromatic rings. The molecule has 0 bridgehead atoms. The number of aliphatic carboxylic acids is 1. The van der Waals surface area contributed by atoms with E-state index in [9.17, 15) is 9.18 Å². The third kappa shape index (κ3) is 2.06. The molecular weight excluding hydrogens is 195 g/mol. The molecule has 0 heterocycles. The molecule has 0 aliphatic heterocycles. The first-order valence-electron chi connectivity index (χ1n) is 4.89. The van der Waals surface area contributed by atoms with Crippen LogP contribution in [0.2, 0.25) is 0 Å². The maximum Gasteiger partial charge on any atom is 0.328 e. The lowest BCUT2D eigenvalue weighted by molar-refractivity contribution is -0.131. The van der Waals surface area contributed by atoms with E-state index in [0.717, 1.165) is 29.5 Å². The van der Waals surface area contributed by atoms with Crippen LogP contribution in [-0.2, 0) is 11.2 Å². The van der Waals surface area contributed by atoms with Crippen LogP contribution < -0.4 is 0 Å². The van der Waals surface area contributed by atoms with Crippen molar-refractivity contribution in [3.63, 3.8) is 0 Å². The van der Waals surface area contributed by atoms with E-state index in [1.165, 1.54) is 18.2 Å². The van der Waals surface area contributed by atoms with Crippen molar-refractivity contribution in [3.05, 3.63) is 41.2 Å². The van der Waals surface area contributed by atoms with Crippen LogP contribution in [-0.4, -0.2) is 11.1 Å². The van der Waals surface area contributed by atoms with E-state index in [1.54, 1.807) is 6.07 Å². The van der Waals surface area contributed by atoms with Gasteiger partial charge in [0.2, 0.25) is 0 Å². The molecule has 0 saturated heterocycles. The number of aryl methyl sites for hydroxylation is 1. The molecule has 78 valence electrons. The average Bonchev–Trinajstić information content (AvgIpc) is 2.18. The molecule has 15 heavy (non-hydrogen) atoms. The summed E-state index contributed by atoms with van der Waals surface area (Å²) >= 11 is 0. The van der Waals surface area contributed by atoms with Crippen molar-refractivity contribution >= 4 is 11.5 Å². The minimum Gasteiger partial charge on any atom is -0.478 e. The van der Waals surface area contributed by atoms with Crippen molar-refractivity contribution in [2.75, 3.05) is 0 Å². The Morgan fingerprint density at radius 3 is 2.93 bits per heavy atom. The number of carbonyl (C=O) groups is 1. The molecule has 0 radical (unpaired) electrons. The van der Waals surface area contributed by atoms with E-state index in [2.05, 4.69) is 0 Å². The van der Waals surface area contributed by atoms with Crippen molar-refractivity contribution < 1.29 is 14.3 Å². The smallest absolute Gasteiger partial charge is 0.328 e. The quantitative estimate of drug-likeness (QED) is 0.717. The Labute approximate surface area is 87.0 Å². The highest BCUT2D eigenvalue weighted by Crippen LogP contribution is 2.30. The van der Waals surface area contributed by atoms with E-state index in [1.807, 2.05) is 0 Å². The van der Waals surface area contributed by atoms with Gasteiger partial charge in [0.1, 0.15) is 5.82 Å². The Morgan fingerprint density at radius 2 is 2.20 bits per heavy atom. The second-order valence-electron chi connectivity index (χ2n) is 3.66. The molecule has 0 atom stereocenters. The minimum atomic E-state index is -0.970. The molecule has 0 spiro atoms. The van der Waals surface area contributed by atoms with Gasteiger partial charge in [-0.05, 0) is 48.1 Å². The van der Waals surface area contributed by atoms with Crippen molar-refractivity contribution in [2.45, 2.75) is 19.3 Å². The minimum absolute atomic E-state index is 0.313. The number of halogens is 1.